The summed E-state index contributed by atoms with van der Waals surface area (Å²) in [5.74, 6) is 6.44. The molecule has 0 aliphatic heterocycles. The molecule has 7 heteroatoms. The van der Waals surface area contributed by atoms with Gasteiger partial charge in [0.1, 0.15) is 17.4 Å². The van der Waals surface area contributed by atoms with Crippen molar-refractivity contribution >= 4 is 42.8 Å². The van der Waals surface area contributed by atoms with Crippen molar-refractivity contribution in [3.05, 3.63) is 50.9 Å². The zero-order valence-electron chi connectivity index (χ0n) is 10.6. The van der Waals surface area contributed by atoms with Gasteiger partial charge in [-0.15, -0.1) is 0 Å². The Bertz CT molecular complexity index is 745. The predicted molar refractivity (Wildman–Crippen MR) is 84.0 cm³/mol. The quantitative estimate of drug-likeness (QED) is 0.524. The maximum absolute atomic E-state index is 5.93. The van der Waals surface area contributed by atoms with Crippen LogP contribution in [0.1, 0.15) is 17.5 Å². The van der Waals surface area contributed by atoms with Crippen molar-refractivity contribution in [2.45, 2.75) is 6.04 Å². The van der Waals surface area contributed by atoms with Gasteiger partial charge in [0, 0.05) is 12.4 Å². The Morgan fingerprint density at radius 3 is 2.75 bits per heavy atom. The summed E-state index contributed by atoms with van der Waals surface area (Å²) in [6.07, 6.45) is 1.73. The first-order valence-electron chi connectivity index (χ1n) is 5.93. The summed E-state index contributed by atoms with van der Waals surface area (Å²) >= 11 is 6.97. The summed E-state index contributed by atoms with van der Waals surface area (Å²) in [7, 11) is 1.86. The number of nitrogens with two attached hydrogens (primary N) is 1. The molecule has 0 saturated carbocycles. The van der Waals surface area contributed by atoms with Crippen molar-refractivity contribution in [3.8, 4) is 0 Å². The molecule has 0 saturated heterocycles. The molecule has 0 bridgehead atoms. The minimum Gasteiger partial charge on any atom is -0.458 e. The van der Waals surface area contributed by atoms with Gasteiger partial charge in [0.15, 0.2) is 0 Å². The molecule has 2 aromatic heterocycles. The van der Waals surface area contributed by atoms with E-state index >= 15 is 0 Å². The van der Waals surface area contributed by atoms with Gasteiger partial charge in [0.25, 0.3) is 0 Å². The van der Waals surface area contributed by atoms with E-state index in [1.807, 2.05) is 31.3 Å². The lowest BCUT2D eigenvalue weighted by Crippen LogP contribution is -2.30. The van der Waals surface area contributed by atoms with Crippen LogP contribution in [0.5, 0.6) is 0 Å². The van der Waals surface area contributed by atoms with Crippen molar-refractivity contribution < 1.29 is 4.42 Å². The minimum atomic E-state index is -0.281. The number of fused-ring (bicyclic) bond motifs is 1. The van der Waals surface area contributed by atoms with Crippen LogP contribution in [-0.2, 0) is 7.05 Å². The standard InChI is InChI=1S/C13H12Br2N4O/c1-19-12(9(15)6-17-19)11(18-16)10-5-7-3-2-4-8(14)13(7)20-10/h2-6,11,18H,16H2,1H3. The van der Waals surface area contributed by atoms with Crippen LogP contribution in [0.4, 0.5) is 0 Å². The molecule has 0 spiro atoms. The Hall–Kier alpha value is -1.15. The molecule has 3 aromatic rings. The molecule has 1 unspecified atom stereocenters. The zero-order chi connectivity index (χ0) is 14.3. The number of aryl methyl sites for hydroxylation is 1. The third kappa shape index (κ3) is 2.20. The summed E-state index contributed by atoms with van der Waals surface area (Å²) in [5.41, 5.74) is 4.49. The van der Waals surface area contributed by atoms with E-state index in [9.17, 15) is 0 Å². The normalized spacial score (nSPS) is 13.0. The average Bonchev–Trinajstić information content (AvgIpc) is 2.99. The molecular weight excluding hydrogens is 388 g/mol. The molecule has 0 amide bonds. The van der Waals surface area contributed by atoms with E-state index in [2.05, 4.69) is 42.4 Å². The van der Waals surface area contributed by atoms with Gasteiger partial charge in [-0.3, -0.25) is 10.5 Å². The van der Waals surface area contributed by atoms with Crippen molar-refractivity contribution in [1.29, 1.82) is 0 Å². The van der Waals surface area contributed by atoms with Crippen molar-refractivity contribution in [1.82, 2.24) is 15.2 Å². The molecule has 1 aromatic carbocycles. The van der Waals surface area contributed by atoms with E-state index in [1.165, 1.54) is 0 Å². The Kier molecular flexibility index (Phi) is 3.68. The molecule has 1 atom stereocenters. The Morgan fingerprint density at radius 1 is 1.35 bits per heavy atom. The number of nitrogens with zero attached hydrogens (tertiary/aromatic N) is 2. The van der Waals surface area contributed by atoms with Crippen LogP contribution < -0.4 is 11.3 Å². The number of nitrogens with one attached hydrogen (secondary N) is 1. The lowest BCUT2D eigenvalue weighted by molar-refractivity contribution is 0.457. The molecule has 3 rings (SSSR count). The van der Waals surface area contributed by atoms with E-state index in [0.29, 0.717) is 0 Å². The number of para-hydroxylation sites is 1. The van der Waals surface area contributed by atoms with Crippen LogP contribution in [0, 0.1) is 0 Å². The van der Waals surface area contributed by atoms with Gasteiger partial charge in [0.05, 0.1) is 20.8 Å². The van der Waals surface area contributed by atoms with Crippen LogP contribution in [0.2, 0.25) is 0 Å². The molecule has 0 aliphatic rings. The van der Waals surface area contributed by atoms with E-state index < -0.39 is 0 Å². The first kappa shape index (κ1) is 13.8. The monoisotopic (exact) mass is 398 g/mol. The number of hydrogen-bond acceptors (Lipinski definition) is 4. The average molecular weight is 400 g/mol. The maximum Gasteiger partial charge on any atom is 0.148 e. The van der Waals surface area contributed by atoms with Gasteiger partial charge in [-0.25, -0.2) is 5.43 Å². The second-order valence-corrected chi connectivity index (χ2v) is 6.12. The highest BCUT2D eigenvalue weighted by atomic mass is 79.9. The van der Waals surface area contributed by atoms with E-state index in [0.717, 1.165) is 31.4 Å². The summed E-state index contributed by atoms with van der Waals surface area (Å²) in [5, 5.41) is 5.23. The zero-order valence-corrected chi connectivity index (χ0v) is 13.8. The fourth-order valence-corrected chi connectivity index (χ4v) is 3.27. The molecular formula is C13H12Br2N4O. The molecule has 0 aliphatic carbocycles. The fourth-order valence-electron chi connectivity index (χ4n) is 2.23. The highest BCUT2D eigenvalue weighted by Crippen LogP contribution is 2.33. The van der Waals surface area contributed by atoms with Gasteiger partial charge in [0.2, 0.25) is 0 Å². The van der Waals surface area contributed by atoms with Crippen LogP contribution in [0.25, 0.3) is 11.0 Å². The molecule has 0 radical (unpaired) electrons. The largest absolute Gasteiger partial charge is 0.458 e. The number of furan rings is 1. The number of hydrazine groups is 1. The molecule has 5 nitrogen and oxygen atoms in total. The third-order valence-corrected chi connectivity index (χ3v) is 4.41. The van der Waals surface area contributed by atoms with Crippen LogP contribution in [-0.4, -0.2) is 9.78 Å². The van der Waals surface area contributed by atoms with Gasteiger partial charge < -0.3 is 4.42 Å². The Balaban J connectivity index is 2.15. The smallest absolute Gasteiger partial charge is 0.148 e. The number of rotatable bonds is 3. The lowest BCUT2D eigenvalue weighted by Gasteiger charge is -2.14. The first-order valence-corrected chi connectivity index (χ1v) is 7.52. The SMILES string of the molecule is Cn1ncc(Br)c1C(NN)c1cc2cccc(Br)c2o1. The van der Waals surface area contributed by atoms with Crippen molar-refractivity contribution in [3.63, 3.8) is 0 Å². The highest BCUT2D eigenvalue weighted by Gasteiger charge is 2.23. The maximum atomic E-state index is 5.93. The van der Waals surface area contributed by atoms with Gasteiger partial charge in [-0.05, 0) is 44.0 Å². The van der Waals surface area contributed by atoms with Gasteiger partial charge in [-0.1, -0.05) is 12.1 Å². The summed E-state index contributed by atoms with van der Waals surface area (Å²) in [6, 6.07) is 7.61. The molecule has 104 valence electrons. The van der Waals surface area contributed by atoms with Crippen molar-refractivity contribution in [2.75, 3.05) is 0 Å². The Labute approximate surface area is 132 Å². The Morgan fingerprint density at radius 2 is 2.15 bits per heavy atom. The molecule has 0 fully saturated rings. The van der Waals surface area contributed by atoms with Crippen LogP contribution >= 0.6 is 31.9 Å². The second-order valence-electron chi connectivity index (χ2n) is 4.41. The molecule has 3 N–H and O–H groups in total. The summed E-state index contributed by atoms with van der Waals surface area (Å²) < 4.78 is 9.49. The van der Waals surface area contributed by atoms with Gasteiger partial charge >= 0.3 is 0 Å². The number of aromatic nitrogens is 2. The minimum absolute atomic E-state index is 0.281. The van der Waals surface area contributed by atoms with E-state index in [1.54, 1.807) is 10.9 Å². The van der Waals surface area contributed by atoms with Crippen molar-refractivity contribution in [2.24, 2.45) is 12.9 Å². The van der Waals surface area contributed by atoms with Crippen LogP contribution in [0.15, 0.2) is 43.8 Å². The summed E-state index contributed by atoms with van der Waals surface area (Å²) in [6.45, 7) is 0. The van der Waals surface area contributed by atoms with E-state index in [4.69, 9.17) is 10.3 Å². The van der Waals surface area contributed by atoms with E-state index in [-0.39, 0.29) is 6.04 Å². The van der Waals surface area contributed by atoms with Crippen LogP contribution in [0.3, 0.4) is 0 Å². The molecule has 2 heterocycles. The number of hydrogen-bond donors (Lipinski definition) is 2. The lowest BCUT2D eigenvalue weighted by atomic mass is 10.1. The van der Waals surface area contributed by atoms with Gasteiger partial charge in [-0.2, -0.15) is 5.10 Å². The first-order chi connectivity index (χ1) is 9.61. The highest BCUT2D eigenvalue weighted by molar-refractivity contribution is 9.11. The number of benzene rings is 1. The topological polar surface area (TPSA) is 69.0 Å². The fraction of sp³-hybridized carbons (Fsp3) is 0.154. The second kappa shape index (κ2) is 5.33. The molecule has 20 heavy (non-hydrogen) atoms. The number of halogens is 2. The predicted octanol–water partition coefficient (Wildman–Crippen LogP) is 3.24. The third-order valence-electron chi connectivity index (χ3n) is 3.18. The summed E-state index contributed by atoms with van der Waals surface area (Å²) in [4.78, 5) is 0.